The van der Waals surface area contributed by atoms with Gasteiger partial charge in [-0.05, 0) is 87.5 Å². The average molecular weight is 927 g/mol. The molecule has 1 N–H and O–H groups in total. The predicted octanol–water partition coefficient (Wildman–Crippen LogP) is 17.3. The van der Waals surface area contributed by atoms with E-state index < -0.39 is 0 Å². The van der Waals surface area contributed by atoms with Crippen LogP contribution in [0.4, 0.5) is 0 Å². The van der Waals surface area contributed by atoms with Crippen LogP contribution in [0, 0.1) is 6.92 Å². The van der Waals surface area contributed by atoms with Crippen molar-refractivity contribution in [3.63, 3.8) is 0 Å². The first kappa shape index (κ1) is 44.6. The monoisotopic (exact) mass is 926 g/mol. The van der Waals surface area contributed by atoms with Crippen LogP contribution in [0.15, 0.2) is 194 Å². The molecule has 11 aromatic rings. The summed E-state index contributed by atoms with van der Waals surface area (Å²) in [5, 5.41) is 13.5. The number of phenolic OH excluding ortho intramolecular Hbond substituents is 1. The molecule has 11 rings (SSSR count). The molecule has 0 radical (unpaired) electrons. The molecular formula is C64H54N4OS. The molecule has 6 heteroatoms. The van der Waals surface area contributed by atoms with Gasteiger partial charge in [0, 0.05) is 45.1 Å². The van der Waals surface area contributed by atoms with E-state index in [1.54, 1.807) is 11.3 Å². The number of hydrogen-bond acceptors (Lipinski definition) is 5. The lowest BCUT2D eigenvalue weighted by molar-refractivity contribution is 0.446. The zero-order chi connectivity index (χ0) is 48.3. The molecule has 342 valence electrons. The Bertz CT molecular complexity index is 3730. The van der Waals surface area contributed by atoms with Crippen molar-refractivity contribution in [1.82, 2.24) is 19.5 Å². The number of hydrogen-bond donors (Lipinski definition) is 1. The molecule has 3 aromatic heterocycles. The van der Waals surface area contributed by atoms with Gasteiger partial charge in [0.25, 0.3) is 0 Å². The minimum Gasteiger partial charge on any atom is -0.507 e. The Labute approximate surface area is 414 Å². The van der Waals surface area contributed by atoms with Gasteiger partial charge in [-0.15, -0.1) is 11.3 Å². The lowest BCUT2D eigenvalue weighted by Crippen LogP contribution is -2.17. The third-order valence-corrected chi connectivity index (χ3v) is 14.5. The van der Waals surface area contributed by atoms with Gasteiger partial charge in [0.15, 0.2) is 0 Å². The summed E-state index contributed by atoms with van der Waals surface area (Å²) < 4.78 is 3.31. The van der Waals surface area contributed by atoms with Gasteiger partial charge in [-0.2, -0.15) is 0 Å². The average Bonchev–Trinajstić information content (AvgIpc) is 3.99. The summed E-state index contributed by atoms with van der Waals surface area (Å²) in [7, 11) is 0. The van der Waals surface area contributed by atoms with Crippen molar-refractivity contribution in [3.8, 4) is 89.2 Å². The molecule has 3 heterocycles. The van der Waals surface area contributed by atoms with E-state index in [0.29, 0.717) is 11.4 Å². The predicted molar refractivity (Wildman–Crippen MR) is 294 cm³/mol. The Balaban J connectivity index is 1.15. The fourth-order valence-corrected chi connectivity index (χ4v) is 10.7. The Morgan fingerprint density at radius 1 is 0.471 bits per heavy atom. The largest absolute Gasteiger partial charge is 0.507 e. The summed E-state index contributed by atoms with van der Waals surface area (Å²) in [6.07, 6.45) is 2.01. The van der Waals surface area contributed by atoms with Crippen LogP contribution in [0.1, 0.15) is 58.2 Å². The summed E-state index contributed by atoms with van der Waals surface area (Å²) in [6, 6.07) is 66.1. The Morgan fingerprint density at radius 2 is 1.07 bits per heavy atom. The Hall–Kier alpha value is -7.93. The third kappa shape index (κ3) is 8.18. The topological polar surface area (TPSA) is 63.8 Å². The first-order chi connectivity index (χ1) is 33.8. The van der Waals surface area contributed by atoms with Crippen LogP contribution < -0.4 is 0 Å². The lowest BCUT2D eigenvalue weighted by atomic mass is 9.79. The lowest BCUT2D eigenvalue weighted by Gasteiger charge is -2.27. The number of aromatic hydroxyl groups is 1. The van der Waals surface area contributed by atoms with E-state index in [-0.39, 0.29) is 16.6 Å². The van der Waals surface area contributed by atoms with Crippen LogP contribution in [0.3, 0.4) is 0 Å². The number of imidazole rings is 1. The van der Waals surface area contributed by atoms with E-state index >= 15 is 0 Å². The summed E-state index contributed by atoms with van der Waals surface area (Å²) in [4.78, 5) is 16.3. The minimum absolute atomic E-state index is 0.197. The van der Waals surface area contributed by atoms with Crippen LogP contribution >= 0.6 is 11.3 Å². The molecule has 0 spiro atoms. The number of nitrogens with zero attached hydrogens (tertiary/aromatic N) is 4. The molecule has 5 nitrogen and oxygen atoms in total. The highest BCUT2D eigenvalue weighted by Crippen LogP contribution is 2.47. The summed E-state index contributed by atoms with van der Waals surface area (Å²) in [6.45, 7) is 15.3. The fraction of sp³-hybridized carbons (Fsp3) is 0.141. The van der Waals surface area contributed by atoms with Gasteiger partial charge in [0.1, 0.15) is 16.6 Å². The fourth-order valence-electron chi connectivity index (χ4n) is 9.66. The number of fused-ring (bicyclic) bond motifs is 2. The first-order valence-corrected chi connectivity index (χ1v) is 24.8. The van der Waals surface area contributed by atoms with Crippen molar-refractivity contribution in [2.24, 2.45) is 0 Å². The Kier molecular flexibility index (Phi) is 11.2. The Morgan fingerprint density at radius 3 is 1.74 bits per heavy atom. The summed E-state index contributed by atoms with van der Waals surface area (Å²) in [5.41, 5.74) is 18.5. The van der Waals surface area contributed by atoms with Gasteiger partial charge in [-0.1, -0.05) is 193 Å². The number of aromatic nitrogens is 4. The molecule has 8 aromatic carbocycles. The van der Waals surface area contributed by atoms with Gasteiger partial charge in [-0.3, -0.25) is 9.55 Å². The zero-order valence-corrected chi connectivity index (χ0v) is 41.4. The van der Waals surface area contributed by atoms with E-state index in [0.717, 1.165) is 98.8 Å². The molecule has 0 aliphatic heterocycles. The van der Waals surface area contributed by atoms with Crippen molar-refractivity contribution >= 4 is 32.6 Å². The number of pyridine rings is 1. The van der Waals surface area contributed by atoms with Crippen molar-refractivity contribution in [2.45, 2.75) is 59.3 Å². The molecule has 0 aliphatic rings. The maximum atomic E-state index is 12.6. The highest BCUT2D eigenvalue weighted by Gasteiger charge is 2.30. The van der Waals surface area contributed by atoms with Crippen LogP contribution in [0.2, 0.25) is 0 Å². The number of para-hydroxylation sites is 2. The minimum atomic E-state index is -0.339. The van der Waals surface area contributed by atoms with E-state index in [1.807, 2.05) is 24.4 Å². The standard InChI is InChI=1S/C64H54N4OS/c1-40-34-54(65-39-52(40)44-32-30-42(31-33-44)41-20-11-8-12-21-41)46-35-50(59-57(36-46)70-62(67-59)45-24-15-10-16-25-45)49-27-19-29-56-58(49)66-61(51-37-47(63(2,3)4)38-53(60(51)69)64(5,6)7)68(56)55-28-18-17-26-48(55)43-22-13-9-14-23-43/h8-39,69H,1-7H3. The molecule has 0 saturated heterocycles. The molecule has 0 unspecified atom stereocenters. The van der Waals surface area contributed by atoms with E-state index in [2.05, 4.69) is 223 Å². The highest BCUT2D eigenvalue weighted by molar-refractivity contribution is 7.21. The van der Waals surface area contributed by atoms with E-state index in [1.165, 1.54) is 11.1 Å². The second kappa shape index (κ2) is 17.5. The molecule has 0 saturated carbocycles. The van der Waals surface area contributed by atoms with Crippen molar-refractivity contribution in [1.29, 1.82) is 0 Å². The normalized spacial score (nSPS) is 12.0. The number of aryl methyl sites for hydroxylation is 1. The van der Waals surface area contributed by atoms with Crippen LogP contribution in [-0.2, 0) is 10.8 Å². The first-order valence-electron chi connectivity index (χ1n) is 24.0. The highest BCUT2D eigenvalue weighted by atomic mass is 32.1. The molecule has 70 heavy (non-hydrogen) atoms. The van der Waals surface area contributed by atoms with Crippen molar-refractivity contribution in [2.75, 3.05) is 0 Å². The number of thiazole rings is 1. The smallest absolute Gasteiger partial charge is 0.149 e. The summed E-state index contributed by atoms with van der Waals surface area (Å²) in [5.74, 6) is 0.907. The number of rotatable bonds is 8. The van der Waals surface area contributed by atoms with Crippen LogP contribution in [0.5, 0.6) is 5.75 Å². The molecule has 0 fully saturated rings. The molecule has 0 aliphatic carbocycles. The van der Waals surface area contributed by atoms with E-state index in [4.69, 9.17) is 15.0 Å². The second-order valence-corrected chi connectivity index (χ2v) is 21.4. The van der Waals surface area contributed by atoms with Crippen LogP contribution in [0.25, 0.3) is 105 Å². The van der Waals surface area contributed by atoms with Gasteiger partial charge in [0.2, 0.25) is 0 Å². The number of phenols is 1. The van der Waals surface area contributed by atoms with Gasteiger partial charge >= 0.3 is 0 Å². The molecule has 0 bridgehead atoms. The third-order valence-electron chi connectivity index (χ3n) is 13.5. The zero-order valence-electron chi connectivity index (χ0n) is 40.6. The van der Waals surface area contributed by atoms with Gasteiger partial charge in [0.05, 0.1) is 38.2 Å². The number of benzene rings is 8. The summed E-state index contributed by atoms with van der Waals surface area (Å²) >= 11 is 1.69. The molecular weight excluding hydrogens is 873 g/mol. The molecule has 0 amide bonds. The van der Waals surface area contributed by atoms with Gasteiger partial charge in [-0.25, -0.2) is 9.97 Å². The quantitative estimate of drug-likeness (QED) is 0.165. The van der Waals surface area contributed by atoms with Crippen LogP contribution in [-0.4, -0.2) is 24.6 Å². The SMILES string of the molecule is Cc1cc(-c2cc(-c3cccc4c3nc(-c3cc(C(C)(C)C)cc(C(C)(C)C)c3O)n4-c3ccccc3-c3ccccc3)c3nc(-c4ccccc4)sc3c2)ncc1-c1ccc(-c2ccccc2)cc1. The van der Waals surface area contributed by atoms with E-state index in [9.17, 15) is 5.11 Å². The van der Waals surface area contributed by atoms with Crippen molar-refractivity contribution < 1.29 is 5.11 Å². The van der Waals surface area contributed by atoms with Crippen molar-refractivity contribution in [3.05, 3.63) is 211 Å². The molecule has 0 atom stereocenters. The maximum absolute atomic E-state index is 12.6. The van der Waals surface area contributed by atoms with Gasteiger partial charge < -0.3 is 5.11 Å². The second-order valence-electron chi connectivity index (χ2n) is 20.3. The maximum Gasteiger partial charge on any atom is 0.149 e.